The molecule has 0 saturated carbocycles. The maximum Gasteiger partial charge on any atom is 0.271 e. The number of nitrogens with one attached hydrogen (secondary N) is 1. The van der Waals surface area contributed by atoms with Crippen LogP contribution >= 0.6 is 27.5 Å². The first-order valence-corrected chi connectivity index (χ1v) is 6.62. The summed E-state index contributed by atoms with van der Waals surface area (Å²) >= 11 is 9.16. The molecular formula is C12H10BrClN4O2. The van der Waals surface area contributed by atoms with E-state index in [9.17, 15) is 4.79 Å². The van der Waals surface area contributed by atoms with Gasteiger partial charge in [-0.15, -0.1) is 10.2 Å². The van der Waals surface area contributed by atoms with E-state index >= 15 is 0 Å². The highest BCUT2D eigenvalue weighted by Crippen LogP contribution is 2.35. The van der Waals surface area contributed by atoms with Crippen LogP contribution in [-0.4, -0.2) is 23.2 Å². The number of hydrogen-bond acceptors (Lipinski definition) is 5. The predicted octanol–water partition coefficient (Wildman–Crippen LogP) is 2.74. The highest BCUT2D eigenvalue weighted by molar-refractivity contribution is 9.10. The van der Waals surface area contributed by atoms with E-state index in [0.717, 1.165) is 4.47 Å². The first-order valence-electron chi connectivity index (χ1n) is 5.45. The third kappa shape index (κ3) is 3.00. The van der Waals surface area contributed by atoms with Crippen molar-refractivity contribution in [3.63, 3.8) is 0 Å². The molecule has 1 aromatic carbocycles. The summed E-state index contributed by atoms with van der Waals surface area (Å²) in [5.74, 6) is -0.124. The number of nitrogens with zero attached hydrogens (tertiary/aromatic N) is 2. The molecule has 1 aromatic heterocycles. The summed E-state index contributed by atoms with van der Waals surface area (Å²) in [4.78, 5) is 11.3. The number of para-hydroxylation sites is 1. The summed E-state index contributed by atoms with van der Waals surface area (Å²) in [5, 5.41) is 10.4. The molecule has 1 heterocycles. The summed E-state index contributed by atoms with van der Waals surface area (Å²) in [7, 11) is 1.54. The number of benzene rings is 1. The van der Waals surface area contributed by atoms with Crippen LogP contribution in [0.15, 0.2) is 28.7 Å². The van der Waals surface area contributed by atoms with E-state index in [-0.39, 0.29) is 10.8 Å². The average Bonchev–Trinajstić information content (AvgIpc) is 2.38. The monoisotopic (exact) mass is 356 g/mol. The molecule has 0 bridgehead atoms. The zero-order valence-corrected chi connectivity index (χ0v) is 12.7. The van der Waals surface area contributed by atoms with E-state index in [0.29, 0.717) is 17.1 Å². The van der Waals surface area contributed by atoms with Gasteiger partial charge in [0.15, 0.2) is 16.6 Å². The van der Waals surface area contributed by atoms with E-state index in [2.05, 4.69) is 31.4 Å². The second-order valence-electron chi connectivity index (χ2n) is 3.74. The van der Waals surface area contributed by atoms with Crippen LogP contribution < -0.4 is 15.8 Å². The summed E-state index contributed by atoms with van der Waals surface area (Å²) in [6, 6.07) is 6.89. The minimum absolute atomic E-state index is 0.00331. The average molecular weight is 358 g/mol. The molecular weight excluding hydrogens is 348 g/mol. The number of ether oxygens (including phenoxy) is 1. The van der Waals surface area contributed by atoms with Crippen molar-refractivity contribution in [2.45, 2.75) is 0 Å². The van der Waals surface area contributed by atoms with Crippen molar-refractivity contribution in [3.8, 4) is 5.75 Å². The molecule has 0 unspecified atom stereocenters. The Labute approximate surface area is 128 Å². The van der Waals surface area contributed by atoms with Crippen LogP contribution in [0.1, 0.15) is 10.5 Å². The Bertz CT molecular complexity index is 666. The number of carbonyl (C=O) groups excluding carboxylic acids is 1. The van der Waals surface area contributed by atoms with Crippen molar-refractivity contribution in [2.75, 3.05) is 12.4 Å². The lowest BCUT2D eigenvalue weighted by atomic mass is 10.2. The number of aromatic nitrogens is 2. The van der Waals surface area contributed by atoms with E-state index in [1.165, 1.54) is 13.2 Å². The number of primary amides is 1. The molecule has 0 aliphatic heterocycles. The molecule has 0 spiro atoms. The predicted molar refractivity (Wildman–Crippen MR) is 79.5 cm³/mol. The fraction of sp³-hybridized carbons (Fsp3) is 0.0833. The minimum atomic E-state index is -0.703. The molecule has 0 fully saturated rings. The quantitative estimate of drug-likeness (QED) is 0.878. The van der Waals surface area contributed by atoms with Crippen LogP contribution in [0, 0.1) is 0 Å². The zero-order valence-electron chi connectivity index (χ0n) is 10.4. The van der Waals surface area contributed by atoms with Gasteiger partial charge in [-0.1, -0.05) is 17.7 Å². The fourth-order valence-electron chi connectivity index (χ4n) is 1.61. The van der Waals surface area contributed by atoms with Crippen molar-refractivity contribution in [1.82, 2.24) is 10.2 Å². The van der Waals surface area contributed by atoms with Gasteiger partial charge in [-0.2, -0.15) is 0 Å². The van der Waals surface area contributed by atoms with Gasteiger partial charge in [0.2, 0.25) is 0 Å². The first-order chi connectivity index (χ1) is 9.52. The third-order valence-corrected chi connectivity index (χ3v) is 3.25. The number of carbonyl (C=O) groups is 1. The van der Waals surface area contributed by atoms with Gasteiger partial charge < -0.3 is 15.8 Å². The Balaban J connectivity index is 2.47. The summed E-state index contributed by atoms with van der Waals surface area (Å²) in [6.07, 6.45) is 0. The van der Waals surface area contributed by atoms with E-state index in [1.807, 2.05) is 12.1 Å². The third-order valence-electron chi connectivity index (χ3n) is 2.44. The van der Waals surface area contributed by atoms with Crippen LogP contribution in [0.3, 0.4) is 0 Å². The molecule has 2 rings (SSSR count). The maximum absolute atomic E-state index is 11.3. The Morgan fingerprint density at radius 1 is 1.40 bits per heavy atom. The topological polar surface area (TPSA) is 90.1 Å². The molecule has 3 N–H and O–H groups in total. The molecule has 0 saturated heterocycles. The highest BCUT2D eigenvalue weighted by atomic mass is 79.9. The number of hydrogen-bond donors (Lipinski definition) is 2. The SMILES string of the molecule is COc1c(Br)cccc1Nc1cc(Cl)nnc1C(N)=O. The molecule has 0 aliphatic rings. The van der Waals surface area contributed by atoms with Crippen molar-refractivity contribution >= 4 is 44.8 Å². The lowest BCUT2D eigenvalue weighted by molar-refractivity contribution is 0.0995. The van der Waals surface area contributed by atoms with Gasteiger partial charge in [-0.05, 0) is 28.1 Å². The van der Waals surface area contributed by atoms with Gasteiger partial charge in [0.05, 0.1) is 23.0 Å². The fourth-order valence-corrected chi connectivity index (χ4v) is 2.28. The van der Waals surface area contributed by atoms with Crippen molar-refractivity contribution < 1.29 is 9.53 Å². The maximum atomic E-state index is 11.3. The van der Waals surface area contributed by atoms with E-state index < -0.39 is 5.91 Å². The van der Waals surface area contributed by atoms with Gasteiger partial charge in [-0.25, -0.2) is 0 Å². The van der Waals surface area contributed by atoms with Gasteiger partial charge >= 0.3 is 0 Å². The lowest BCUT2D eigenvalue weighted by Crippen LogP contribution is -2.16. The smallest absolute Gasteiger partial charge is 0.271 e. The van der Waals surface area contributed by atoms with Gasteiger partial charge in [0.25, 0.3) is 5.91 Å². The standard InChI is InChI=1S/C12H10BrClN4O2/c1-20-11-6(13)3-2-4-7(11)16-8-5-9(14)17-18-10(8)12(15)19/h2-5H,1H3,(H2,15,19)(H,16,17). The van der Waals surface area contributed by atoms with Crippen LogP contribution in [0.25, 0.3) is 0 Å². The second-order valence-corrected chi connectivity index (χ2v) is 4.98. The Morgan fingerprint density at radius 2 is 2.15 bits per heavy atom. The summed E-state index contributed by atoms with van der Waals surface area (Å²) in [6.45, 7) is 0. The molecule has 0 aliphatic carbocycles. The van der Waals surface area contributed by atoms with Gasteiger partial charge in [0.1, 0.15) is 0 Å². The number of methoxy groups -OCH3 is 1. The van der Waals surface area contributed by atoms with Gasteiger partial charge in [-0.3, -0.25) is 4.79 Å². The molecule has 2 aromatic rings. The van der Waals surface area contributed by atoms with Gasteiger partial charge in [0, 0.05) is 6.07 Å². The highest BCUT2D eigenvalue weighted by Gasteiger charge is 2.14. The molecule has 104 valence electrons. The number of halogens is 2. The largest absolute Gasteiger partial charge is 0.493 e. The van der Waals surface area contributed by atoms with Crippen molar-refractivity contribution in [2.24, 2.45) is 5.73 Å². The lowest BCUT2D eigenvalue weighted by Gasteiger charge is -2.13. The van der Waals surface area contributed by atoms with Crippen LogP contribution in [-0.2, 0) is 0 Å². The van der Waals surface area contributed by atoms with E-state index in [4.69, 9.17) is 22.1 Å². The van der Waals surface area contributed by atoms with Crippen LogP contribution in [0.5, 0.6) is 5.75 Å². The van der Waals surface area contributed by atoms with Crippen molar-refractivity contribution in [3.05, 3.63) is 39.6 Å². The zero-order chi connectivity index (χ0) is 14.7. The van der Waals surface area contributed by atoms with Crippen molar-refractivity contribution in [1.29, 1.82) is 0 Å². The Morgan fingerprint density at radius 3 is 2.80 bits per heavy atom. The number of amides is 1. The molecule has 0 radical (unpaired) electrons. The molecule has 20 heavy (non-hydrogen) atoms. The summed E-state index contributed by atoms with van der Waals surface area (Å²) in [5.41, 5.74) is 6.24. The second kappa shape index (κ2) is 6.06. The molecule has 6 nitrogen and oxygen atoms in total. The molecule has 8 heteroatoms. The van der Waals surface area contributed by atoms with Crippen LogP contribution in [0.4, 0.5) is 11.4 Å². The number of nitrogens with two attached hydrogens (primary N) is 1. The normalized spacial score (nSPS) is 10.2. The van der Waals surface area contributed by atoms with Crippen LogP contribution in [0.2, 0.25) is 5.15 Å². The minimum Gasteiger partial charge on any atom is -0.493 e. The Hall–Kier alpha value is -1.86. The summed E-state index contributed by atoms with van der Waals surface area (Å²) < 4.78 is 6.05. The van der Waals surface area contributed by atoms with E-state index in [1.54, 1.807) is 6.07 Å². The number of rotatable bonds is 4. The number of anilines is 2. The Kier molecular flexibility index (Phi) is 4.41. The molecule has 0 atom stereocenters. The molecule has 1 amide bonds. The first kappa shape index (κ1) is 14.5.